The van der Waals surface area contributed by atoms with Crippen LogP contribution in [-0.4, -0.2) is 22.9 Å². The van der Waals surface area contributed by atoms with Crippen LogP contribution in [-0.2, 0) is 0 Å². The summed E-state index contributed by atoms with van der Waals surface area (Å²) in [5, 5.41) is 20.1. The highest BCUT2D eigenvalue weighted by Gasteiger charge is 2.65. The van der Waals surface area contributed by atoms with Crippen LogP contribution in [0.4, 0.5) is 0 Å². The lowest BCUT2D eigenvalue weighted by Gasteiger charge is -2.64. The molecule has 0 saturated heterocycles. The van der Waals surface area contributed by atoms with Gasteiger partial charge in [0.25, 0.3) is 0 Å². The van der Waals surface area contributed by atoms with E-state index in [-0.39, 0.29) is 18.1 Å². The molecule has 0 heterocycles. The van der Waals surface area contributed by atoms with Gasteiger partial charge in [0.2, 0.25) is 0 Å². The zero-order valence-electron chi connectivity index (χ0n) is 22.0. The van der Waals surface area contributed by atoms with Crippen molar-refractivity contribution in [1.82, 2.24) is 0 Å². The van der Waals surface area contributed by atoms with Gasteiger partial charge in [-0.25, -0.2) is 0 Å². The Morgan fingerprint density at radius 3 is 2.50 bits per heavy atom. The number of rotatable bonds is 5. The first-order valence-corrected chi connectivity index (χ1v) is 13.6. The van der Waals surface area contributed by atoms with E-state index in [0.29, 0.717) is 28.1 Å². The largest absolute Gasteiger partial charge is 0.393 e. The molecule has 4 rings (SSSR count). The molecule has 32 heavy (non-hydrogen) atoms. The van der Waals surface area contributed by atoms with Crippen molar-refractivity contribution in [2.45, 2.75) is 112 Å². The van der Waals surface area contributed by atoms with Crippen LogP contribution in [0.15, 0.2) is 23.3 Å². The van der Waals surface area contributed by atoms with Gasteiger partial charge in [-0.3, -0.25) is 0 Å². The first kappa shape index (κ1) is 24.5. The van der Waals surface area contributed by atoms with Crippen LogP contribution in [0.2, 0.25) is 0 Å². The molecule has 0 aromatic rings. The van der Waals surface area contributed by atoms with Gasteiger partial charge < -0.3 is 10.2 Å². The molecule has 2 heteroatoms. The SMILES string of the molecule is C/C(=C/CC[C@H](C)[C@@H]1CC[C@]2(C)C3=CC[C@H]4C(C)(C)[C@@H](O)CC[C@]4(C)[C@@H]3CC[C@@]12C)CO. The number of hydrogen-bond donors (Lipinski definition) is 2. The lowest BCUT2D eigenvalue weighted by atomic mass is 9.41. The van der Waals surface area contributed by atoms with Gasteiger partial charge in [-0.2, -0.15) is 0 Å². The molecule has 0 aromatic carbocycles. The molecule has 3 saturated carbocycles. The third-order valence-electron chi connectivity index (χ3n) is 11.9. The van der Waals surface area contributed by atoms with Crippen molar-refractivity contribution in [3.8, 4) is 0 Å². The van der Waals surface area contributed by atoms with Gasteiger partial charge in [-0.1, -0.05) is 64.8 Å². The van der Waals surface area contributed by atoms with E-state index in [1.807, 2.05) is 12.5 Å². The van der Waals surface area contributed by atoms with Gasteiger partial charge in [0.15, 0.2) is 0 Å². The van der Waals surface area contributed by atoms with E-state index in [2.05, 4.69) is 53.7 Å². The molecule has 0 radical (unpaired) electrons. The molecule has 2 nitrogen and oxygen atoms in total. The number of aliphatic hydroxyl groups is 2. The van der Waals surface area contributed by atoms with Crippen LogP contribution >= 0.6 is 0 Å². The highest BCUT2D eigenvalue weighted by Crippen LogP contribution is 2.73. The van der Waals surface area contributed by atoms with Crippen molar-refractivity contribution >= 4 is 0 Å². The van der Waals surface area contributed by atoms with E-state index >= 15 is 0 Å². The van der Waals surface area contributed by atoms with Crippen LogP contribution < -0.4 is 0 Å². The number of fused-ring (bicyclic) bond motifs is 5. The number of aliphatic hydroxyl groups excluding tert-OH is 2. The Bertz CT molecular complexity index is 778. The molecular formula is C30H50O2. The summed E-state index contributed by atoms with van der Waals surface area (Å²) in [6.07, 6.45) is 15.8. The summed E-state index contributed by atoms with van der Waals surface area (Å²) in [6.45, 7) is 17.2. The standard InChI is InChI=1S/C30H50O2/c1-20(19-31)9-8-10-21(2)22-13-17-30(7)24-11-12-25-27(3,4)26(32)15-16-28(25,5)23(24)14-18-29(22,30)6/h9,11,21-23,25-26,31-32H,8,10,12-19H2,1-7H3/b20-9-/t21-,22-,23+,25-,26-,28+,29-,30+/m0/s1. The Morgan fingerprint density at radius 1 is 1.09 bits per heavy atom. The van der Waals surface area contributed by atoms with Crippen LogP contribution in [0.3, 0.4) is 0 Å². The van der Waals surface area contributed by atoms with Gasteiger partial charge in [0.1, 0.15) is 0 Å². The Balaban J connectivity index is 1.59. The second-order valence-electron chi connectivity index (χ2n) is 13.6. The fourth-order valence-electron chi connectivity index (χ4n) is 9.51. The van der Waals surface area contributed by atoms with Crippen LogP contribution in [0.25, 0.3) is 0 Å². The molecule has 8 atom stereocenters. The maximum absolute atomic E-state index is 10.8. The number of allylic oxidation sites excluding steroid dienone is 3. The van der Waals surface area contributed by atoms with Crippen molar-refractivity contribution in [3.05, 3.63) is 23.3 Å². The van der Waals surface area contributed by atoms with Gasteiger partial charge >= 0.3 is 0 Å². The average Bonchev–Trinajstić information content (AvgIpc) is 3.02. The monoisotopic (exact) mass is 442 g/mol. The van der Waals surface area contributed by atoms with Crippen molar-refractivity contribution < 1.29 is 10.2 Å². The van der Waals surface area contributed by atoms with E-state index in [9.17, 15) is 10.2 Å². The normalized spacial score (nSPS) is 46.7. The third-order valence-corrected chi connectivity index (χ3v) is 11.9. The molecule has 0 unspecified atom stereocenters. The molecule has 0 aliphatic heterocycles. The second kappa shape index (κ2) is 8.26. The van der Waals surface area contributed by atoms with Crippen LogP contribution in [0.1, 0.15) is 106 Å². The molecular weight excluding hydrogens is 392 g/mol. The van der Waals surface area contributed by atoms with Gasteiger partial charge in [0.05, 0.1) is 12.7 Å². The molecule has 2 N–H and O–H groups in total. The maximum atomic E-state index is 10.8. The van der Waals surface area contributed by atoms with E-state index in [0.717, 1.165) is 36.7 Å². The fraction of sp³-hybridized carbons (Fsp3) is 0.867. The predicted octanol–water partition coefficient (Wildman–Crippen LogP) is 7.31. The Hall–Kier alpha value is -0.600. The maximum Gasteiger partial charge on any atom is 0.0639 e. The van der Waals surface area contributed by atoms with E-state index in [1.54, 1.807) is 0 Å². The summed E-state index contributed by atoms with van der Waals surface area (Å²) in [7, 11) is 0. The lowest BCUT2D eigenvalue weighted by Crippen LogP contribution is -2.58. The zero-order chi connectivity index (χ0) is 23.5. The highest BCUT2D eigenvalue weighted by atomic mass is 16.3. The van der Waals surface area contributed by atoms with Crippen molar-refractivity contribution in [3.63, 3.8) is 0 Å². The van der Waals surface area contributed by atoms with Crippen molar-refractivity contribution in [2.24, 2.45) is 45.3 Å². The Kier molecular flexibility index (Phi) is 6.33. The average molecular weight is 443 g/mol. The summed E-state index contributed by atoms with van der Waals surface area (Å²) in [5.74, 6) is 2.83. The van der Waals surface area contributed by atoms with Crippen molar-refractivity contribution in [2.75, 3.05) is 6.61 Å². The minimum Gasteiger partial charge on any atom is -0.393 e. The summed E-state index contributed by atoms with van der Waals surface area (Å²) in [6, 6.07) is 0. The summed E-state index contributed by atoms with van der Waals surface area (Å²) < 4.78 is 0. The topological polar surface area (TPSA) is 40.5 Å². The Labute approximate surface area is 198 Å². The molecule has 182 valence electrons. The molecule has 4 aliphatic rings. The molecule has 0 spiro atoms. The van der Waals surface area contributed by atoms with E-state index < -0.39 is 0 Å². The minimum absolute atomic E-state index is 0.0175. The first-order chi connectivity index (χ1) is 14.9. The van der Waals surface area contributed by atoms with E-state index in [4.69, 9.17) is 0 Å². The van der Waals surface area contributed by atoms with Crippen LogP contribution in [0.5, 0.6) is 0 Å². The molecule has 0 amide bonds. The lowest BCUT2D eigenvalue weighted by molar-refractivity contribution is -0.131. The summed E-state index contributed by atoms with van der Waals surface area (Å²) in [5.41, 5.74) is 4.01. The smallest absolute Gasteiger partial charge is 0.0639 e. The molecule has 3 fully saturated rings. The predicted molar refractivity (Wildman–Crippen MR) is 134 cm³/mol. The highest BCUT2D eigenvalue weighted by molar-refractivity contribution is 5.33. The van der Waals surface area contributed by atoms with Crippen molar-refractivity contribution in [1.29, 1.82) is 0 Å². The first-order valence-electron chi connectivity index (χ1n) is 13.6. The molecule has 4 aliphatic carbocycles. The fourth-order valence-corrected chi connectivity index (χ4v) is 9.51. The quantitative estimate of drug-likeness (QED) is 0.438. The minimum atomic E-state index is -0.153. The second-order valence-corrected chi connectivity index (χ2v) is 13.6. The summed E-state index contributed by atoms with van der Waals surface area (Å²) in [4.78, 5) is 0. The van der Waals surface area contributed by atoms with E-state index in [1.165, 1.54) is 38.5 Å². The molecule has 0 aromatic heterocycles. The number of hydrogen-bond acceptors (Lipinski definition) is 2. The van der Waals surface area contributed by atoms with Gasteiger partial charge in [0, 0.05) is 0 Å². The summed E-state index contributed by atoms with van der Waals surface area (Å²) >= 11 is 0. The third kappa shape index (κ3) is 3.41. The zero-order valence-corrected chi connectivity index (χ0v) is 22.0. The van der Waals surface area contributed by atoms with Gasteiger partial charge in [-0.05, 0) is 110 Å². The van der Waals surface area contributed by atoms with Gasteiger partial charge in [-0.15, -0.1) is 0 Å². The Morgan fingerprint density at radius 2 is 1.81 bits per heavy atom. The van der Waals surface area contributed by atoms with Crippen LogP contribution in [0, 0.1) is 45.3 Å². The molecule has 0 bridgehead atoms.